The Hall–Kier alpha value is -2.63. The summed E-state index contributed by atoms with van der Waals surface area (Å²) in [6.45, 7) is 6.53. The normalized spacial score (nSPS) is 12.4. The zero-order valence-electron chi connectivity index (χ0n) is 36.2. The molecule has 0 rings (SSSR count). The van der Waals surface area contributed by atoms with Crippen molar-refractivity contribution in [1.82, 2.24) is 0 Å². The number of carbonyl (C=O) groups excluding carboxylic acids is 3. The summed E-state index contributed by atoms with van der Waals surface area (Å²) >= 11 is 0. The van der Waals surface area contributed by atoms with Crippen LogP contribution in [0.1, 0.15) is 226 Å². The summed E-state index contributed by atoms with van der Waals surface area (Å²) in [4.78, 5) is 37.6. The third-order valence-electron chi connectivity index (χ3n) is 9.84. The van der Waals surface area contributed by atoms with Crippen LogP contribution in [0.5, 0.6) is 0 Å². The number of hydrogen-bond acceptors (Lipinski definition) is 6. The Labute approximate surface area is 339 Å². The quantitative estimate of drug-likeness (QED) is 0.0267. The number of allylic oxidation sites excluding steroid dienone is 8. The van der Waals surface area contributed by atoms with Crippen LogP contribution in [0.15, 0.2) is 48.6 Å². The Bertz CT molecular complexity index is 980. The van der Waals surface area contributed by atoms with E-state index in [1.165, 1.54) is 116 Å². The second-order valence-electron chi connectivity index (χ2n) is 15.3. The molecule has 0 heterocycles. The van der Waals surface area contributed by atoms with Gasteiger partial charge < -0.3 is 14.2 Å². The third kappa shape index (κ3) is 42.4. The molecule has 0 unspecified atom stereocenters. The fourth-order valence-corrected chi connectivity index (χ4v) is 6.32. The second kappa shape index (κ2) is 44.1. The fraction of sp³-hybridized carbons (Fsp3) is 0.776. The van der Waals surface area contributed by atoms with E-state index in [1.807, 2.05) is 0 Å². The number of unbranched alkanes of at least 4 members (excludes halogenated alkanes) is 22. The summed E-state index contributed by atoms with van der Waals surface area (Å²) in [6.07, 6.45) is 51.0. The Balaban J connectivity index is 4.42. The number of carbonyl (C=O) groups is 3. The summed E-state index contributed by atoms with van der Waals surface area (Å²) in [5.41, 5.74) is 0. The Morgan fingerprint density at radius 2 is 0.673 bits per heavy atom. The molecule has 1 atom stereocenters. The van der Waals surface area contributed by atoms with E-state index in [-0.39, 0.29) is 37.5 Å². The van der Waals surface area contributed by atoms with Gasteiger partial charge in [0.05, 0.1) is 0 Å². The van der Waals surface area contributed by atoms with Crippen LogP contribution >= 0.6 is 0 Å². The predicted molar refractivity (Wildman–Crippen MR) is 233 cm³/mol. The van der Waals surface area contributed by atoms with Gasteiger partial charge in [0.15, 0.2) is 6.10 Å². The van der Waals surface area contributed by atoms with Gasteiger partial charge in [0, 0.05) is 19.3 Å². The maximum atomic E-state index is 12.7. The van der Waals surface area contributed by atoms with Crippen molar-refractivity contribution in [2.75, 3.05) is 13.2 Å². The van der Waals surface area contributed by atoms with E-state index in [4.69, 9.17) is 14.2 Å². The van der Waals surface area contributed by atoms with Crippen LogP contribution in [-0.2, 0) is 28.6 Å². The predicted octanol–water partition coefficient (Wildman–Crippen LogP) is 14.8. The minimum absolute atomic E-state index is 0.0875. The van der Waals surface area contributed by atoms with E-state index in [0.29, 0.717) is 19.3 Å². The molecule has 0 bridgehead atoms. The van der Waals surface area contributed by atoms with Gasteiger partial charge in [-0.2, -0.15) is 0 Å². The van der Waals surface area contributed by atoms with E-state index < -0.39 is 6.10 Å². The first-order valence-corrected chi connectivity index (χ1v) is 23.1. The standard InChI is InChI=1S/C49H86O6/c1-4-7-10-13-16-19-21-22-23-24-25-26-28-30-33-36-39-42-48(51)54-45-46(44-53-47(50)41-38-35-32-29-18-15-12-9-6-3)55-49(52)43-40-37-34-31-27-20-17-14-11-8-5-2/h16,19,22-23,25-26,30,33,46H,4-15,17-18,20-21,24,27-29,31-32,34-45H2,1-3H3/b19-16-,23-22-,26-25-,33-30-/t46-/m1/s1. The lowest BCUT2D eigenvalue weighted by atomic mass is 10.1. The molecule has 0 aromatic heterocycles. The molecule has 0 fully saturated rings. The van der Waals surface area contributed by atoms with Crippen LogP contribution in [-0.4, -0.2) is 37.2 Å². The highest BCUT2D eigenvalue weighted by Crippen LogP contribution is 2.14. The van der Waals surface area contributed by atoms with Gasteiger partial charge in [0.1, 0.15) is 13.2 Å². The Morgan fingerprint density at radius 1 is 0.364 bits per heavy atom. The van der Waals surface area contributed by atoms with Gasteiger partial charge in [-0.25, -0.2) is 0 Å². The lowest BCUT2D eigenvalue weighted by Gasteiger charge is -2.18. The molecule has 6 nitrogen and oxygen atoms in total. The first-order chi connectivity index (χ1) is 27.0. The molecule has 0 aromatic rings. The van der Waals surface area contributed by atoms with E-state index in [2.05, 4.69) is 69.4 Å². The SMILES string of the molecule is CCCCC/C=C\C/C=C\C/C=C\C/C=C\CCCC(=O)OC[C@@H](COC(=O)CCCCCCCCCCC)OC(=O)CCCCCCCCCCCCC. The van der Waals surface area contributed by atoms with E-state index >= 15 is 0 Å². The van der Waals surface area contributed by atoms with Crippen molar-refractivity contribution >= 4 is 17.9 Å². The van der Waals surface area contributed by atoms with Crippen LogP contribution in [0, 0.1) is 0 Å². The Kier molecular flexibility index (Phi) is 42.0. The summed E-state index contributed by atoms with van der Waals surface area (Å²) in [6, 6.07) is 0. The second-order valence-corrected chi connectivity index (χ2v) is 15.3. The zero-order valence-corrected chi connectivity index (χ0v) is 36.2. The first-order valence-electron chi connectivity index (χ1n) is 23.1. The van der Waals surface area contributed by atoms with Crippen LogP contribution < -0.4 is 0 Å². The molecule has 55 heavy (non-hydrogen) atoms. The van der Waals surface area contributed by atoms with E-state index in [9.17, 15) is 14.4 Å². The van der Waals surface area contributed by atoms with Gasteiger partial charge in [0.25, 0.3) is 0 Å². The lowest BCUT2D eigenvalue weighted by molar-refractivity contribution is -0.167. The van der Waals surface area contributed by atoms with Gasteiger partial charge in [-0.05, 0) is 57.8 Å². The molecule has 6 heteroatoms. The van der Waals surface area contributed by atoms with Gasteiger partial charge >= 0.3 is 17.9 Å². The van der Waals surface area contributed by atoms with Crippen LogP contribution in [0.2, 0.25) is 0 Å². The molecule has 0 saturated carbocycles. The number of rotatable bonds is 41. The summed E-state index contributed by atoms with van der Waals surface area (Å²) in [5, 5.41) is 0. The van der Waals surface area contributed by atoms with Gasteiger partial charge in [-0.1, -0.05) is 198 Å². The van der Waals surface area contributed by atoms with Crippen LogP contribution in [0.3, 0.4) is 0 Å². The van der Waals surface area contributed by atoms with Crippen molar-refractivity contribution in [3.05, 3.63) is 48.6 Å². The smallest absolute Gasteiger partial charge is 0.306 e. The molecular weight excluding hydrogens is 685 g/mol. The molecule has 0 spiro atoms. The number of esters is 3. The van der Waals surface area contributed by atoms with Crippen molar-refractivity contribution in [3.8, 4) is 0 Å². The maximum Gasteiger partial charge on any atom is 0.306 e. The average molecular weight is 771 g/mol. The lowest BCUT2D eigenvalue weighted by Crippen LogP contribution is -2.30. The molecule has 0 N–H and O–H groups in total. The van der Waals surface area contributed by atoms with Gasteiger partial charge in [-0.3, -0.25) is 14.4 Å². The molecule has 0 radical (unpaired) electrons. The molecule has 0 aromatic carbocycles. The summed E-state index contributed by atoms with van der Waals surface area (Å²) in [5.74, 6) is -0.949. The van der Waals surface area contributed by atoms with Gasteiger partial charge in [-0.15, -0.1) is 0 Å². The molecule has 0 amide bonds. The minimum atomic E-state index is -0.787. The molecule has 0 aliphatic carbocycles. The minimum Gasteiger partial charge on any atom is -0.462 e. The average Bonchev–Trinajstić information content (AvgIpc) is 3.18. The van der Waals surface area contributed by atoms with Crippen molar-refractivity contribution in [3.63, 3.8) is 0 Å². The van der Waals surface area contributed by atoms with E-state index in [1.54, 1.807) is 0 Å². The largest absolute Gasteiger partial charge is 0.462 e. The monoisotopic (exact) mass is 771 g/mol. The Morgan fingerprint density at radius 3 is 1.09 bits per heavy atom. The molecule has 318 valence electrons. The van der Waals surface area contributed by atoms with Crippen LogP contribution in [0.4, 0.5) is 0 Å². The third-order valence-corrected chi connectivity index (χ3v) is 9.84. The topological polar surface area (TPSA) is 78.9 Å². The van der Waals surface area contributed by atoms with Gasteiger partial charge in [0.2, 0.25) is 0 Å². The highest BCUT2D eigenvalue weighted by Gasteiger charge is 2.19. The summed E-state index contributed by atoms with van der Waals surface area (Å²) in [7, 11) is 0. The number of hydrogen-bond donors (Lipinski definition) is 0. The molecule has 0 saturated heterocycles. The molecule has 0 aliphatic rings. The molecule has 0 aliphatic heterocycles. The van der Waals surface area contributed by atoms with Crippen molar-refractivity contribution < 1.29 is 28.6 Å². The first kappa shape index (κ1) is 52.4. The van der Waals surface area contributed by atoms with Crippen molar-refractivity contribution in [2.45, 2.75) is 232 Å². The maximum absolute atomic E-state index is 12.7. The van der Waals surface area contributed by atoms with E-state index in [0.717, 1.165) is 64.2 Å². The summed E-state index contributed by atoms with van der Waals surface area (Å²) < 4.78 is 16.6. The van der Waals surface area contributed by atoms with Crippen LogP contribution in [0.25, 0.3) is 0 Å². The highest BCUT2D eigenvalue weighted by atomic mass is 16.6. The van der Waals surface area contributed by atoms with Crippen molar-refractivity contribution in [1.29, 1.82) is 0 Å². The number of ether oxygens (including phenoxy) is 3. The fourth-order valence-electron chi connectivity index (χ4n) is 6.32. The highest BCUT2D eigenvalue weighted by molar-refractivity contribution is 5.71. The molecular formula is C49H86O6. The van der Waals surface area contributed by atoms with Crippen molar-refractivity contribution in [2.24, 2.45) is 0 Å². The zero-order chi connectivity index (χ0) is 40.1.